The lowest BCUT2D eigenvalue weighted by Crippen LogP contribution is -2.35. The van der Waals surface area contributed by atoms with Gasteiger partial charge in [-0.3, -0.25) is 0 Å². The van der Waals surface area contributed by atoms with Gasteiger partial charge in [-0.2, -0.15) is 0 Å². The molecule has 1 aliphatic rings. The Labute approximate surface area is 86.7 Å². The highest BCUT2D eigenvalue weighted by atomic mass is 33.9. The standard InChI is InChI=1S/C8H19P2S2/c1-6-7(2,3)8(4,5)10(9)11-12-10/h6,9H2,1-5H3/q+1. The first kappa shape index (κ1) is 11.6. The molecule has 12 heavy (non-hydrogen) atoms. The number of rotatable bonds is 3. The summed E-state index contributed by atoms with van der Waals surface area (Å²) in [6, 6.07) is 0. The molecule has 1 rings (SSSR count). The molecule has 0 radical (unpaired) electrons. The molecule has 0 aromatic carbocycles. The molecule has 0 aromatic rings. The van der Waals surface area contributed by atoms with Gasteiger partial charge in [0.2, 0.25) is 0 Å². The summed E-state index contributed by atoms with van der Waals surface area (Å²) in [5.41, 5.74) is 0.471. The molecule has 1 saturated heterocycles. The van der Waals surface area contributed by atoms with Crippen LogP contribution in [0, 0.1) is 5.41 Å². The van der Waals surface area contributed by atoms with Gasteiger partial charge in [0.05, 0.1) is 8.93 Å². The summed E-state index contributed by atoms with van der Waals surface area (Å²) < 4.78 is 0. The van der Waals surface area contributed by atoms with E-state index in [-0.39, 0.29) is 0 Å². The predicted octanol–water partition coefficient (Wildman–Crippen LogP) is 5.23. The zero-order valence-corrected chi connectivity index (χ0v) is 12.2. The van der Waals surface area contributed by atoms with Crippen molar-refractivity contribution >= 4 is 35.1 Å². The van der Waals surface area contributed by atoms with Crippen LogP contribution in [0.5, 0.6) is 0 Å². The van der Waals surface area contributed by atoms with Crippen LogP contribution in [-0.4, -0.2) is 5.16 Å². The van der Waals surface area contributed by atoms with Gasteiger partial charge in [-0.25, -0.2) is 0 Å². The summed E-state index contributed by atoms with van der Waals surface area (Å²) in [5.74, 6) is 0. The second-order valence-corrected chi connectivity index (χ2v) is 19.4. The lowest BCUT2D eigenvalue weighted by atomic mass is 9.78. The summed E-state index contributed by atoms with van der Waals surface area (Å²) in [5, 5.41) is -0.262. The fourth-order valence-corrected chi connectivity index (χ4v) is 15.4. The lowest BCUT2D eigenvalue weighted by molar-refractivity contribution is 0.270. The Kier molecular flexibility index (Phi) is 3.20. The minimum absolute atomic E-state index is 0.471. The van der Waals surface area contributed by atoms with Gasteiger partial charge < -0.3 is 0 Å². The molecule has 0 aliphatic carbocycles. The van der Waals surface area contributed by atoms with Gasteiger partial charge in [0.1, 0.15) is 26.0 Å². The van der Waals surface area contributed by atoms with Gasteiger partial charge in [0.15, 0.2) is 5.35 Å². The summed E-state index contributed by atoms with van der Waals surface area (Å²) in [4.78, 5) is 0. The molecule has 1 heterocycles. The van der Waals surface area contributed by atoms with Crippen LogP contribution in [0.4, 0.5) is 0 Å². The monoisotopic (exact) mass is 241 g/mol. The maximum absolute atomic E-state index is 3.13. The van der Waals surface area contributed by atoms with Crippen molar-refractivity contribution in [3.8, 4) is 0 Å². The van der Waals surface area contributed by atoms with Crippen LogP contribution in [0.15, 0.2) is 0 Å². The van der Waals surface area contributed by atoms with Crippen molar-refractivity contribution in [1.82, 2.24) is 0 Å². The topological polar surface area (TPSA) is 0 Å². The zero-order chi connectivity index (χ0) is 9.62. The fourth-order valence-electron chi connectivity index (χ4n) is 1.08. The third-order valence-electron chi connectivity index (χ3n) is 3.55. The summed E-state index contributed by atoms with van der Waals surface area (Å²) in [6.45, 7) is 12.0. The van der Waals surface area contributed by atoms with Gasteiger partial charge in [0, 0.05) is 5.41 Å². The molecule has 0 saturated carbocycles. The van der Waals surface area contributed by atoms with Crippen molar-refractivity contribution < 1.29 is 0 Å². The fraction of sp³-hybridized carbons (Fsp3) is 1.00. The Morgan fingerprint density at radius 3 is 1.83 bits per heavy atom. The first-order valence-electron chi connectivity index (χ1n) is 4.32. The molecule has 72 valence electrons. The summed E-state index contributed by atoms with van der Waals surface area (Å²) in [6.07, 6.45) is 1.28. The van der Waals surface area contributed by atoms with Crippen LogP contribution in [0.1, 0.15) is 41.0 Å². The Hall–Kier alpha value is 1.56. The van der Waals surface area contributed by atoms with Crippen LogP contribution in [0.2, 0.25) is 0 Å². The Morgan fingerprint density at radius 2 is 1.58 bits per heavy atom. The largest absolute Gasteiger partial charge is 0.182 e. The predicted molar refractivity (Wildman–Crippen MR) is 70.0 cm³/mol. The van der Waals surface area contributed by atoms with Crippen molar-refractivity contribution in [3.63, 3.8) is 0 Å². The van der Waals surface area contributed by atoms with E-state index >= 15 is 0 Å². The minimum atomic E-state index is -0.757. The van der Waals surface area contributed by atoms with Crippen LogP contribution < -0.4 is 0 Å². The minimum Gasteiger partial charge on any atom is -0.0647 e. The third-order valence-corrected chi connectivity index (χ3v) is 21.2. The van der Waals surface area contributed by atoms with Crippen molar-refractivity contribution in [1.29, 1.82) is 0 Å². The first-order chi connectivity index (χ1) is 5.27. The molecule has 0 aromatic heterocycles. The van der Waals surface area contributed by atoms with Crippen LogP contribution in [-0.2, 0) is 0 Å². The van der Waals surface area contributed by atoms with E-state index in [0.29, 0.717) is 10.6 Å². The molecule has 1 fully saturated rings. The van der Waals surface area contributed by atoms with Gasteiger partial charge in [-0.1, -0.05) is 20.8 Å². The molecule has 0 spiro atoms. The van der Waals surface area contributed by atoms with Crippen molar-refractivity contribution in [2.75, 3.05) is 0 Å². The van der Waals surface area contributed by atoms with Gasteiger partial charge in [-0.15, -0.1) is 0 Å². The Balaban J connectivity index is 2.84. The second kappa shape index (κ2) is 3.30. The van der Waals surface area contributed by atoms with E-state index < -0.39 is 5.35 Å². The third kappa shape index (κ3) is 1.70. The number of hydrogen-bond acceptors (Lipinski definition) is 2. The first-order valence-corrected chi connectivity index (χ1v) is 11.1. The molecule has 0 nitrogen and oxygen atoms in total. The molecule has 1 aliphatic heterocycles. The second-order valence-electron chi connectivity index (χ2n) is 4.54. The molecule has 0 amide bonds. The smallest absolute Gasteiger partial charge is 0.0647 e. The molecule has 4 heteroatoms. The maximum Gasteiger partial charge on any atom is 0.182 e. The van der Waals surface area contributed by atoms with Crippen LogP contribution >= 0.6 is 35.1 Å². The van der Waals surface area contributed by atoms with Crippen molar-refractivity contribution in [2.45, 2.75) is 46.2 Å². The highest BCUT2D eigenvalue weighted by Gasteiger charge is 2.70. The SMILES string of the molecule is CCC(C)(C)C(C)(C)[P+]1(P)SS1. The van der Waals surface area contributed by atoms with Gasteiger partial charge in [-0.05, 0) is 20.3 Å². The van der Waals surface area contributed by atoms with E-state index in [1.165, 1.54) is 6.42 Å². The summed E-state index contributed by atoms with van der Waals surface area (Å²) in [7, 11) is 7.35. The van der Waals surface area contributed by atoms with E-state index in [4.69, 9.17) is 0 Å². The highest BCUT2D eigenvalue weighted by Crippen LogP contribution is 3.12. The average molecular weight is 241 g/mol. The van der Waals surface area contributed by atoms with E-state index in [1.807, 2.05) is 0 Å². The average Bonchev–Trinajstić information content (AvgIpc) is 2.69. The Bertz CT molecular complexity index is 185. The molecular formula is C8H19P2S2+. The molecular weight excluding hydrogens is 222 g/mol. The highest BCUT2D eigenvalue weighted by molar-refractivity contribution is 9.55. The lowest BCUT2D eigenvalue weighted by Gasteiger charge is -2.38. The van der Waals surface area contributed by atoms with Crippen LogP contribution in [0.3, 0.4) is 0 Å². The molecule has 1 atom stereocenters. The van der Waals surface area contributed by atoms with Crippen LogP contribution in [0.25, 0.3) is 0 Å². The van der Waals surface area contributed by atoms with E-state index in [9.17, 15) is 0 Å². The van der Waals surface area contributed by atoms with Crippen molar-refractivity contribution in [3.05, 3.63) is 0 Å². The van der Waals surface area contributed by atoms with Gasteiger partial charge in [0.25, 0.3) is 0 Å². The normalized spacial score (nSPS) is 22.5. The quantitative estimate of drug-likeness (QED) is 0.377. The molecule has 0 N–H and O–H groups in total. The molecule has 0 bridgehead atoms. The Morgan fingerprint density at radius 1 is 1.17 bits per heavy atom. The maximum atomic E-state index is 3.13. The van der Waals surface area contributed by atoms with Gasteiger partial charge >= 0.3 is 0 Å². The number of hydrogen-bond donors (Lipinski definition) is 0. The van der Waals surface area contributed by atoms with E-state index in [1.54, 1.807) is 0 Å². The molecule has 1 unspecified atom stereocenters. The summed E-state index contributed by atoms with van der Waals surface area (Å²) >= 11 is 0. The zero-order valence-electron chi connectivity index (χ0n) is 8.55. The van der Waals surface area contributed by atoms with E-state index in [2.05, 4.69) is 64.4 Å². The van der Waals surface area contributed by atoms with E-state index in [0.717, 1.165) is 0 Å². The van der Waals surface area contributed by atoms with Crippen molar-refractivity contribution in [2.24, 2.45) is 5.41 Å².